The molecule has 3 N–H and O–H groups in total. The maximum Gasteiger partial charge on any atom is 0.0796 e. The van der Waals surface area contributed by atoms with Gasteiger partial charge < -0.3 is 20.5 Å². The van der Waals surface area contributed by atoms with E-state index in [2.05, 4.69) is 45.4 Å². The van der Waals surface area contributed by atoms with E-state index in [1.807, 2.05) is 14.0 Å². The van der Waals surface area contributed by atoms with E-state index in [4.69, 9.17) is 16.3 Å². The average molecular weight is 401 g/mol. The highest BCUT2D eigenvalue weighted by atomic mass is 35.5. The topological polar surface area (TPSA) is 53.5 Å². The number of halogens is 1. The van der Waals surface area contributed by atoms with Crippen LogP contribution in [0.3, 0.4) is 0 Å². The van der Waals surface area contributed by atoms with Gasteiger partial charge in [-0.15, -0.1) is 11.6 Å². The van der Waals surface area contributed by atoms with E-state index in [-0.39, 0.29) is 28.2 Å². The molecule has 27 heavy (non-hydrogen) atoms. The van der Waals surface area contributed by atoms with Gasteiger partial charge in [0.1, 0.15) is 0 Å². The summed E-state index contributed by atoms with van der Waals surface area (Å²) in [6.45, 7) is 10.9. The van der Waals surface area contributed by atoms with Crippen LogP contribution in [0.15, 0.2) is 0 Å². The third kappa shape index (κ3) is 3.59. The van der Waals surface area contributed by atoms with Crippen LogP contribution in [0.4, 0.5) is 0 Å². The molecule has 4 nitrogen and oxygen atoms in total. The Balaban J connectivity index is 2.00. The minimum Gasteiger partial charge on any atom is -0.389 e. The van der Waals surface area contributed by atoms with E-state index in [1.165, 1.54) is 0 Å². The molecule has 0 spiro atoms. The number of fused-ring (bicyclic) bond motifs is 1. The minimum absolute atomic E-state index is 0.0575. The first-order valence-corrected chi connectivity index (χ1v) is 11.3. The SMILES string of the molecule is CNC1C2C(CCC1(C)O)C(C)(NC)CCC2C1(C)CCC(Cl)C(C)(C)O1. The number of nitrogens with one attached hydrogen (secondary N) is 2. The van der Waals surface area contributed by atoms with Gasteiger partial charge in [-0.1, -0.05) is 0 Å². The van der Waals surface area contributed by atoms with Gasteiger partial charge in [-0.05, 0) is 105 Å². The standard InChI is InChI=1S/C22H41ClN2O2/c1-19(2)16(23)10-13-22(5,27-19)15-8-11-20(3,25-7)14-9-12-21(4,26)18(24-6)17(14)15/h14-18,24-26H,8-13H2,1-7H3. The van der Waals surface area contributed by atoms with E-state index < -0.39 is 5.60 Å². The molecule has 0 aromatic heterocycles. The summed E-state index contributed by atoms with van der Waals surface area (Å²) < 4.78 is 6.76. The molecule has 158 valence electrons. The third-order valence-electron chi connectivity index (χ3n) is 8.55. The lowest BCUT2D eigenvalue weighted by Gasteiger charge is -2.62. The van der Waals surface area contributed by atoms with Crippen molar-refractivity contribution < 1.29 is 9.84 Å². The van der Waals surface area contributed by atoms with Crippen molar-refractivity contribution in [2.75, 3.05) is 14.1 Å². The van der Waals surface area contributed by atoms with Crippen LogP contribution in [0.5, 0.6) is 0 Å². The van der Waals surface area contributed by atoms with Crippen molar-refractivity contribution in [2.24, 2.45) is 17.8 Å². The highest BCUT2D eigenvalue weighted by molar-refractivity contribution is 6.21. The molecule has 5 heteroatoms. The summed E-state index contributed by atoms with van der Waals surface area (Å²) in [7, 11) is 4.10. The van der Waals surface area contributed by atoms with Crippen LogP contribution in [0.1, 0.15) is 73.1 Å². The molecule has 8 atom stereocenters. The zero-order chi connectivity index (χ0) is 20.3. The van der Waals surface area contributed by atoms with Crippen LogP contribution in [0, 0.1) is 17.8 Å². The summed E-state index contributed by atoms with van der Waals surface area (Å²) in [4.78, 5) is 0. The first-order chi connectivity index (χ1) is 12.4. The molecule has 3 fully saturated rings. The number of alkyl halides is 1. The Morgan fingerprint density at radius 1 is 0.926 bits per heavy atom. The van der Waals surface area contributed by atoms with Gasteiger partial charge in [-0.25, -0.2) is 0 Å². The number of ether oxygens (including phenoxy) is 1. The summed E-state index contributed by atoms with van der Waals surface area (Å²) in [5.41, 5.74) is -1.09. The Bertz CT molecular complexity index is 554. The number of likely N-dealkylation sites (N-methyl/N-ethyl adjacent to an activating group) is 1. The van der Waals surface area contributed by atoms with Gasteiger partial charge >= 0.3 is 0 Å². The zero-order valence-corrected chi connectivity index (χ0v) is 19.1. The Labute approximate surface area is 171 Å². The highest BCUT2D eigenvalue weighted by Crippen LogP contribution is 2.56. The lowest BCUT2D eigenvalue weighted by atomic mass is 9.50. The van der Waals surface area contributed by atoms with Crippen LogP contribution in [-0.2, 0) is 4.74 Å². The fraction of sp³-hybridized carbons (Fsp3) is 1.00. The maximum absolute atomic E-state index is 11.2. The Kier molecular flexibility index (Phi) is 5.76. The monoisotopic (exact) mass is 400 g/mol. The Morgan fingerprint density at radius 2 is 1.56 bits per heavy atom. The molecule has 8 unspecified atom stereocenters. The number of hydrogen-bond acceptors (Lipinski definition) is 4. The molecule has 0 amide bonds. The van der Waals surface area contributed by atoms with Crippen molar-refractivity contribution in [3.05, 3.63) is 0 Å². The van der Waals surface area contributed by atoms with Crippen LogP contribution in [0.2, 0.25) is 0 Å². The number of hydrogen-bond donors (Lipinski definition) is 3. The first-order valence-electron chi connectivity index (χ1n) is 10.8. The van der Waals surface area contributed by atoms with Crippen molar-refractivity contribution in [2.45, 2.75) is 107 Å². The van der Waals surface area contributed by atoms with Crippen molar-refractivity contribution in [3.8, 4) is 0 Å². The van der Waals surface area contributed by atoms with E-state index in [0.29, 0.717) is 17.8 Å². The predicted octanol–water partition coefficient (Wildman–Crippen LogP) is 3.69. The van der Waals surface area contributed by atoms with Crippen molar-refractivity contribution in [1.29, 1.82) is 0 Å². The minimum atomic E-state index is -0.685. The average Bonchev–Trinajstić information content (AvgIpc) is 2.57. The largest absolute Gasteiger partial charge is 0.389 e. The van der Waals surface area contributed by atoms with Gasteiger partial charge in [0.15, 0.2) is 0 Å². The van der Waals surface area contributed by atoms with Gasteiger partial charge in [0, 0.05) is 11.6 Å². The Hall–Kier alpha value is 0.130. The summed E-state index contributed by atoms with van der Waals surface area (Å²) in [5, 5.41) is 18.4. The molecule has 2 aliphatic carbocycles. The van der Waals surface area contributed by atoms with E-state index in [1.54, 1.807) is 0 Å². The van der Waals surface area contributed by atoms with Gasteiger partial charge in [-0.2, -0.15) is 0 Å². The molecular weight excluding hydrogens is 360 g/mol. The smallest absolute Gasteiger partial charge is 0.0796 e. The fourth-order valence-corrected chi connectivity index (χ4v) is 6.95. The molecule has 3 aliphatic rings. The summed E-state index contributed by atoms with van der Waals surface area (Å²) in [5.74, 6) is 1.31. The van der Waals surface area contributed by atoms with Gasteiger partial charge in [0.2, 0.25) is 0 Å². The first kappa shape index (κ1) is 21.8. The Morgan fingerprint density at radius 3 is 2.11 bits per heavy atom. The molecule has 1 heterocycles. The van der Waals surface area contributed by atoms with Gasteiger partial charge in [-0.3, -0.25) is 0 Å². The second kappa shape index (κ2) is 7.12. The molecular formula is C22H41ClN2O2. The molecule has 3 rings (SSSR count). The van der Waals surface area contributed by atoms with E-state index in [0.717, 1.165) is 38.5 Å². The molecule has 1 aliphatic heterocycles. The lowest BCUT2D eigenvalue weighted by molar-refractivity contribution is -0.223. The second-order valence-electron chi connectivity index (χ2n) is 10.7. The maximum atomic E-state index is 11.2. The van der Waals surface area contributed by atoms with E-state index in [9.17, 15) is 5.11 Å². The second-order valence-corrected chi connectivity index (χ2v) is 11.2. The number of aliphatic hydroxyl groups is 1. The quantitative estimate of drug-likeness (QED) is 0.632. The van der Waals surface area contributed by atoms with Crippen LogP contribution in [-0.4, -0.2) is 53.0 Å². The molecule has 0 bridgehead atoms. The summed E-state index contributed by atoms with van der Waals surface area (Å²) in [6.07, 6.45) is 6.15. The van der Waals surface area contributed by atoms with Crippen molar-refractivity contribution in [3.63, 3.8) is 0 Å². The van der Waals surface area contributed by atoms with Gasteiger partial charge in [0.25, 0.3) is 0 Å². The lowest BCUT2D eigenvalue weighted by Crippen LogP contribution is -2.69. The number of rotatable bonds is 3. The van der Waals surface area contributed by atoms with Crippen LogP contribution >= 0.6 is 11.6 Å². The fourth-order valence-electron chi connectivity index (χ4n) is 6.80. The van der Waals surface area contributed by atoms with Crippen molar-refractivity contribution >= 4 is 11.6 Å². The molecule has 0 aromatic rings. The molecule has 2 saturated carbocycles. The van der Waals surface area contributed by atoms with Crippen LogP contribution in [0.25, 0.3) is 0 Å². The highest BCUT2D eigenvalue weighted by Gasteiger charge is 2.60. The molecule has 0 aromatic carbocycles. The predicted molar refractivity (Wildman–Crippen MR) is 112 cm³/mol. The third-order valence-corrected chi connectivity index (χ3v) is 9.29. The summed E-state index contributed by atoms with van der Waals surface area (Å²) >= 11 is 6.59. The molecule has 0 radical (unpaired) electrons. The normalized spacial score (nSPS) is 53.0. The van der Waals surface area contributed by atoms with E-state index >= 15 is 0 Å². The van der Waals surface area contributed by atoms with Crippen molar-refractivity contribution in [1.82, 2.24) is 10.6 Å². The molecule has 1 saturated heterocycles. The summed E-state index contributed by atoms with van der Waals surface area (Å²) in [6, 6.07) is 0.0755. The van der Waals surface area contributed by atoms with Crippen LogP contribution < -0.4 is 10.6 Å². The zero-order valence-electron chi connectivity index (χ0n) is 18.4. The van der Waals surface area contributed by atoms with Gasteiger partial charge in [0.05, 0.1) is 22.2 Å².